The number of aromatic nitrogens is 3. The summed E-state index contributed by atoms with van der Waals surface area (Å²) < 4.78 is 1.94. The standard InChI is InChI=1S/C16H14Cl2N4S/c1-19-15-10(13-11(17)5-4-6-12(13)18)7-9-8-20-16(23-3)21-14(9)22(15)2/h4-8H,1-3H3. The van der Waals surface area contributed by atoms with Gasteiger partial charge in [0.2, 0.25) is 0 Å². The van der Waals surface area contributed by atoms with E-state index in [1.165, 1.54) is 11.8 Å². The molecule has 23 heavy (non-hydrogen) atoms. The molecule has 0 aliphatic heterocycles. The van der Waals surface area contributed by atoms with E-state index in [9.17, 15) is 0 Å². The number of halogens is 2. The molecule has 0 aliphatic rings. The second-order valence-corrected chi connectivity index (χ2v) is 6.48. The Kier molecular flexibility index (Phi) is 4.62. The van der Waals surface area contributed by atoms with E-state index in [0.717, 1.165) is 32.8 Å². The van der Waals surface area contributed by atoms with Crippen LogP contribution in [-0.2, 0) is 7.05 Å². The molecule has 0 atom stereocenters. The van der Waals surface area contributed by atoms with Crippen LogP contribution in [0.15, 0.2) is 40.6 Å². The van der Waals surface area contributed by atoms with Gasteiger partial charge in [-0.25, -0.2) is 9.97 Å². The van der Waals surface area contributed by atoms with Crippen LogP contribution in [0.3, 0.4) is 0 Å². The van der Waals surface area contributed by atoms with Crippen molar-refractivity contribution < 1.29 is 0 Å². The molecule has 0 aliphatic carbocycles. The monoisotopic (exact) mass is 364 g/mol. The molecule has 0 amide bonds. The van der Waals surface area contributed by atoms with Gasteiger partial charge in [0, 0.05) is 36.8 Å². The topological polar surface area (TPSA) is 43.1 Å². The fourth-order valence-corrected chi connectivity index (χ4v) is 3.48. The molecule has 2 aromatic heterocycles. The highest BCUT2D eigenvalue weighted by Gasteiger charge is 2.14. The van der Waals surface area contributed by atoms with Crippen molar-refractivity contribution >= 4 is 46.0 Å². The maximum Gasteiger partial charge on any atom is 0.189 e. The fourth-order valence-electron chi connectivity index (χ4n) is 2.55. The molecule has 3 rings (SSSR count). The molecule has 118 valence electrons. The maximum absolute atomic E-state index is 6.37. The number of benzene rings is 1. The van der Waals surface area contributed by atoms with Gasteiger partial charge in [-0.1, -0.05) is 41.0 Å². The number of rotatable bonds is 2. The Bertz CT molecular complexity index is 946. The number of hydrogen-bond acceptors (Lipinski definition) is 4. The molecule has 0 saturated carbocycles. The van der Waals surface area contributed by atoms with E-state index in [1.807, 2.05) is 48.3 Å². The number of fused-ring (bicyclic) bond motifs is 1. The molecular weight excluding hydrogens is 351 g/mol. The van der Waals surface area contributed by atoms with Gasteiger partial charge in [0.1, 0.15) is 11.1 Å². The van der Waals surface area contributed by atoms with E-state index in [1.54, 1.807) is 7.05 Å². The van der Waals surface area contributed by atoms with Gasteiger partial charge in [-0.15, -0.1) is 0 Å². The van der Waals surface area contributed by atoms with Gasteiger partial charge >= 0.3 is 0 Å². The summed E-state index contributed by atoms with van der Waals surface area (Å²) >= 11 is 14.3. The highest BCUT2D eigenvalue weighted by molar-refractivity contribution is 7.98. The summed E-state index contributed by atoms with van der Waals surface area (Å²) in [6.45, 7) is 0. The van der Waals surface area contributed by atoms with Crippen LogP contribution in [0.2, 0.25) is 10.0 Å². The highest BCUT2D eigenvalue weighted by atomic mass is 35.5. The largest absolute Gasteiger partial charge is 0.313 e. The van der Waals surface area contributed by atoms with Crippen LogP contribution in [0.1, 0.15) is 0 Å². The van der Waals surface area contributed by atoms with Crippen LogP contribution >= 0.6 is 35.0 Å². The summed E-state index contributed by atoms with van der Waals surface area (Å²) in [6, 6.07) is 7.44. The van der Waals surface area contributed by atoms with Crippen molar-refractivity contribution in [3.63, 3.8) is 0 Å². The van der Waals surface area contributed by atoms with Gasteiger partial charge in [-0.05, 0) is 24.5 Å². The van der Waals surface area contributed by atoms with E-state index >= 15 is 0 Å². The zero-order chi connectivity index (χ0) is 16.6. The Morgan fingerprint density at radius 3 is 2.52 bits per heavy atom. The number of nitrogens with zero attached hydrogens (tertiary/aromatic N) is 4. The Morgan fingerprint density at radius 1 is 1.22 bits per heavy atom. The predicted molar refractivity (Wildman–Crippen MR) is 97.2 cm³/mol. The third-order valence-corrected chi connectivity index (χ3v) is 4.77. The average Bonchev–Trinajstić information content (AvgIpc) is 2.55. The van der Waals surface area contributed by atoms with Gasteiger partial charge in [0.15, 0.2) is 5.16 Å². The summed E-state index contributed by atoms with van der Waals surface area (Å²) in [5, 5.41) is 2.80. The van der Waals surface area contributed by atoms with Crippen molar-refractivity contribution in [3.05, 3.63) is 46.0 Å². The summed E-state index contributed by atoms with van der Waals surface area (Å²) in [5.41, 5.74) is 3.21. The van der Waals surface area contributed by atoms with Crippen LogP contribution in [0.4, 0.5) is 0 Å². The molecule has 0 bridgehead atoms. The Labute approximate surface area is 148 Å². The third-order valence-electron chi connectivity index (χ3n) is 3.58. The van der Waals surface area contributed by atoms with Gasteiger partial charge < -0.3 is 4.57 Å². The fraction of sp³-hybridized carbons (Fsp3) is 0.188. The first kappa shape index (κ1) is 16.3. The molecule has 3 aromatic rings. The molecule has 0 N–H and O–H groups in total. The molecule has 2 heterocycles. The van der Waals surface area contributed by atoms with Crippen LogP contribution in [0.25, 0.3) is 22.2 Å². The minimum atomic E-state index is 0.586. The predicted octanol–water partition coefficient (Wildman–Crippen LogP) is 4.19. The summed E-state index contributed by atoms with van der Waals surface area (Å²) in [4.78, 5) is 13.3. The highest BCUT2D eigenvalue weighted by Crippen LogP contribution is 2.33. The van der Waals surface area contributed by atoms with E-state index in [2.05, 4.69) is 15.0 Å². The van der Waals surface area contributed by atoms with Gasteiger partial charge in [-0.2, -0.15) is 0 Å². The lowest BCUT2D eigenvalue weighted by molar-refractivity contribution is 0.835. The zero-order valence-corrected chi connectivity index (χ0v) is 15.2. The number of thioether (sulfide) groups is 1. The Hall–Kier alpha value is -1.56. The van der Waals surface area contributed by atoms with Crippen molar-refractivity contribution in [2.75, 3.05) is 13.3 Å². The smallest absolute Gasteiger partial charge is 0.189 e. The number of aryl methyl sites for hydroxylation is 1. The van der Waals surface area contributed by atoms with Crippen molar-refractivity contribution in [1.82, 2.24) is 14.5 Å². The van der Waals surface area contributed by atoms with Gasteiger partial charge in [0.25, 0.3) is 0 Å². The first-order valence-corrected chi connectivity index (χ1v) is 8.83. The number of hydrogen-bond donors (Lipinski definition) is 0. The zero-order valence-electron chi connectivity index (χ0n) is 12.8. The Morgan fingerprint density at radius 2 is 1.91 bits per heavy atom. The van der Waals surface area contributed by atoms with Crippen LogP contribution in [0, 0.1) is 0 Å². The van der Waals surface area contributed by atoms with E-state index in [-0.39, 0.29) is 0 Å². The van der Waals surface area contributed by atoms with Crippen LogP contribution in [0.5, 0.6) is 0 Å². The molecule has 1 aromatic carbocycles. The first-order chi connectivity index (χ1) is 11.1. The lowest BCUT2D eigenvalue weighted by atomic mass is 10.1. The van der Waals surface area contributed by atoms with E-state index < -0.39 is 0 Å². The Balaban J connectivity index is 2.43. The molecule has 0 unspecified atom stereocenters. The normalized spacial score (nSPS) is 12.1. The van der Waals surface area contributed by atoms with Gasteiger partial charge in [0.05, 0.1) is 10.0 Å². The molecule has 0 saturated heterocycles. The maximum atomic E-state index is 6.37. The molecule has 0 spiro atoms. The molecule has 0 radical (unpaired) electrons. The lowest BCUT2D eigenvalue weighted by Crippen LogP contribution is -2.22. The first-order valence-electron chi connectivity index (χ1n) is 6.84. The second-order valence-electron chi connectivity index (χ2n) is 4.90. The summed E-state index contributed by atoms with van der Waals surface area (Å²) in [6.07, 6.45) is 3.76. The van der Waals surface area contributed by atoms with E-state index in [0.29, 0.717) is 10.0 Å². The lowest BCUT2D eigenvalue weighted by Gasteiger charge is -2.13. The average molecular weight is 365 g/mol. The van der Waals surface area contributed by atoms with Gasteiger partial charge in [-0.3, -0.25) is 4.99 Å². The molecule has 0 fully saturated rings. The van der Waals surface area contributed by atoms with Crippen molar-refractivity contribution in [1.29, 1.82) is 0 Å². The van der Waals surface area contributed by atoms with Crippen molar-refractivity contribution in [2.45, 2.75) is 5.16 Å². The molecular formula is C16H14Cl2N4S. The van der Waals surface area contributed by atoms with Crippen LogP contribution < -0.4 is 5.49 Å². The SMILES string of the molecule is CN=c1c(-c2c(Cl)cccc2Cl)cc2cnc(SC)nc2n1C. The third kappa shape index (κ3) is 2.84. The quantitative estimate of drug-likeness (QED) is 0.505. The van der Waals surface area contributed by atoms with Crippen LogP contribution in [-0.4, -0.2) is 27.8 Å². The van der Waals surface area contributed by atoms with Crippen molar-refractivity contribution in [2.24, 2.45) is 12.0 Å². The number of pyridine rings is 1. The summed E-state index contributed by atoms with van der Waals surface area (Å²) in [7, 11) is 3.67. The molecule has 7 heteroatoms. The minimum Gasteiger partial charge on any atom is -0.313 e. The second kappa shape index (κ2) is 6.51. The minimum absolute atomic E-state index is 0.586. The van der Waals surface area contributed by atoms with Crippen molar-refractivity contribution in [3.8, 4) is 11.1 Å². The summed E-state index contributed by atoms with van der Waals surface area (Å²) in [5.74, 6) is 0. The van der Waals surface area contributed by atoms with E-state index in [4.69, 9.17) is 23.2 Å². The molecule has 4 nitrogen and oxygen atoms in total.